The van der Waals surface area contributed by atoms with Gasteiger partial charge in [0, 0.05) is 19.2 Å². The minimum atomic E-state index is -4.60. The summed E-state index contributed by atoms with van der Waals surface area (Å²) in [6.07, 6.45) is -1.62. The van der Waals surface area contributed by atoms with E-state index in [1.54, 1.807) is 0 Å². The van der Waals surface area contributed by atoms with Crippen LogP contribution in [0.3, 0.4) is 0 Å². The van der Waals surface area contributed by atoms with E-state index in [-0.39, 0.29) is 11.1 Å². The molecule has 3 rings (SSSR count). The van der Waals surface area contributed by atoms with Crippen LogP contribution in [-0.4, -0.2) is 29.2 Å². The van der Waals surface area contributed by atoms with Crippen LogP contribution in [0.15, 0.2) is 35.4 Å². The zero-order valence-electron chi connectivity index (χ0n) is 14.8. The highest BCUT2D eigenvalue weighted by atomic mass is 35.5. The molecular formula is C18H20ClF3N4O. The lowest BCUT2D eigenvalue weighted by Gasteiger charge is -2.39. The molecule has 27 heavy (non-hydrogen) atoms. The van der Waals surface area contributed by atoms with Gasteiger partial charge in [0.15, 0.2) is 0 Å². The fourth-order valence-electron chi connectivity index (χ4n) is 3.15. The zero-order chi connectivity index (χ0) is 19.8. The molecule has 146 valence electrons. The first kappa shape index (κ1) is 19.7. The predicted molar refractivity (Wildman–Crippen MR) is 98.5 cm³/mol. The van der Waals surface area contributed by atoms with Crippen LogP contribution in [0, 0.1) is 5.41 Å². The smallest absolute Gasteiger partial charge is 0.356 e. The maximum atomic E-state index is 13.0. The number of piperidine rings is 1. The molecule has 1 aromatic carbocycles. The Morgan fingerprint density at radius 2 is 1.96 bits per heavy atom. The Morgan fingerprint density at radius 1 is 1.30 bits per heavy atom. The maximum absolute atomic E-state index is 13.0. The molecule has 0 aliphatic carbocycles. The van der Waals surface area contributed by atoms with E-state index in [4.69, 9.17) is 17.3 Å². The van der Waals surface area contributed by atoms with E-state index in [0.29, 0.717) is 25.5 Å². The van der Waals surface area contributed by atoms with Crippen LogP contribution in [-0.2, 0) is 6.18 Å². The second-order valence-electron chi connectivity index (χ2n) is 7.09. The number of nitrogens with zero attached hydrogens (tertiary/aromatic N) is 3. The van der Waals surface area contributed by atoms with E-state index in [2.05, 4.69) is 11.9 Å². The van der Waals surface area contributed by atoms with Crippen molar-refractivity contribution in [1.29, 1.82) is 0 Å². The summed E-state index contributed by atoms with van der Waals surface area (Å²) in [6.45, 7) is 4.16. The number of aromatic nitrogens is 2. The third-order valence-electron chi connectivity index (χ3n) is 5.13. The summed E-state index contributed by atoms with van der Waals surface area (Å²) in [5, 5.41) is -0.529. The highest BCUT2D eigenvalue weighted by Crippen LogP contribution is 2.37. The Kier molecular flexibility index (Phi) is 5.22. The molecule has 0 unspecified atom stereocenters. The van der Waals surface area contributed by atoms with Crippen molar-refractivity contribution in [2.75, 3.05) is 24.5 Å². The summed E-state index contributed by atoms with van der Waals surface area (Å²) in [6, 6.07) is 4.76. The summed E-state index contributed by atoms with van der Waals surface area (Å²) >= 11 is 5.91. The first-order valence-electron chi connectivity index (χ1n) is 8.54. The van der Waals surface area contributed by atoms with Gasteiger partial charge in [-0.05, 0) is 36.9 Å². The van der Waals surface area contributed by atoms with Gasteiger partial charge in [-0.15, -0.1) is 0 Å². The summed E-state index contributed by atoms with van der Waals surface area (Å²) in [7, 11) is 0. The Hall–Kier alpha value is -2.06. The quantitative estimate of drug-likeness (QED) is 0.856. The van der Waals surface area contributed by atoms with Crippen LogP contribution in [0.5, 0.6) is 0 Å². The summed E-state index contributed by atoms with van der Waals surface area (Å²) in [5.74, 6) is 0.499. The summed E-state index contributed by atoms with van der Waals surface area (Å²) in [5.41, 5.74) is 4.35. The van der Waals surface area contributed by atoms with Gasteiger partial charge in [0.25, 0.3) is 5.56 Å². The molecule has 2 N–H and O–H groups in total. The molecule has 1 saturated heterocycles. The van der Waals surface area contributed by atoms with Crippen molar-refractivity contribution >= 4 is 17.4 Å². The molecule has 1 aliphatic rings. The number of hydrogen-bond acceptors (Lipinski definition) is 4. The lowest BCUT2D eigenvalue weighted by Crippen LogP contribution is -2.43. The third-order valence-corrected chi connectivity index (χ3v) is 5.52. The lowest BCUT2D eigenvalue weighted by atomic mass is 9.80. The van der Waals surface area contributed by atoms with E-state index in [9.17, 15) is 18.0 Å². The Bertz CT molecular complexity index is 889. The highest BCUT2D eigenvalue weighted by molar-refractivity contribution is 6.33. The number of benzene rings is 1. The normalized spacial score (nSPS) is 17.2. The van der Waals surface area contributed by atoms with Crippen LogP contribution in [0.2, 0.25) is 5.02 Å². The van der Waals surface area contributed by atoms with Crippen LogP contribution < -0.4 is 16.2 Å². The van der Waals surface area contributed by atoms with Crippen LogP contribution >= 0.6 is 11.6 Å². The average Bonchev–Trinajstić information content (AvgIpc) is 2.62. The third kappa shape index (κ3) is 3.96. The second kappa shape index (κ2) is 7.16. The number of hydrogen-bond donors (Lipinski definition) is 1. The molecule has 9 heteroatoms. The molecule has 0 saturated carbocycles. The Balaban J connectivity index is 1.90. The monoisotopic (exact) mass is 400 g/mol. The SMILES string of the molecule is CC1(CN)CCN(c2cc(=O)n(-c3cccc(C(F)(F)F)c3Cl)cn2)CC1. The molecule has 1 aromatic heterocycles. The van der Waals surface area contributed by atoms with Gasteiger partial charge in [-0.1, -0.05) is 24.6 Å². The predicted octanol–water partition coefficient (Wildman–Crippen LogP) is 3.47. The summed E-state index contributed by atoms with van der Waals surface area (Å²) < 4.78 is 40.1. The van der Waals surface area contributed by atoms with Gasteiger partial charge in [0.2, 0.25) is 0 Å². The van der Waals surface area contributed by atoms with Crippen molar-refractivity contribution in [3.63, 3.8) is 0 Å². The second-order valence-corrected chi connectivity index (χ2v) is 7.47. The zero-order valence-corrected chi connectivity index (χ0v) is 15.5. The molecular weight excluding hydrogens is 381 g/mol. The average molecular weight is 401 g/mol. The molecule has 0 amide bonds. The molecule has 5 nitrogen and oxygen atoms in total. The van der Waals surface area contributed by atoms with Crippen LogP contribution in [0.25, 0.3) is 5.69 Å². The number of alkyl halides is 3. The van der Waals surface area contributed by atoms with E-state index in [0.717, 1.165) is 23.5 Å². The van der Waals surface area contributed by atoms with Gasteiger partial charge < -0.3 is 10.6 Å². The van der Waals surface area contributed by atoms with Gasteiger partial charge in [-0.25, -0.2) is 4.98 Å². The largest absolute Gasteiger partial charge is 0.417 e. The minimum absolute atomic E-state index is 0.0510. The molecule has 1 fully saturated rings. The van der Waals surface area contributed by atoms with Gasteiger partial charge in [-0.3, -0.25) is 9.36 Å². The van der Waals surface area contributed by atoms with Gasteiger partial charge >= 0.3 is 6.18 Å². The summed E-state index contributed by atoms with van der Waals surface area (Å²) in [4.78, 5) is 18.8. The van der Waals surface area contributed by atoms with Crippen molar-refractivity contribution in [2.45, 2.75) is 25.9 Å². The topological polar surface area (TPSA) is 64.2 Å². The van der Waals surface area contributed by atoms with Gasteiger partial charge in [0.05, 0.1) is 16.3 Å². The number of nitrogens with two attached hydrogens (primary N) is 1. The minimum Gasteiger partial charge on any atom is -0.356 e. The molecule has 0 bridgehead atoms. The number of anilines is 1. The highest BCUT2D eigenvalue weighted by Gasteiger charge is 2.34. The fourth-order valence-corrected chi connectivity index (χ4v) is 3.47. The molecule has 2 aromatic rings. The van der Waals surface area contributed by atoms with Crippen molar-refractivity contribution in [1.82, 2.24) is 9.55 Å². The number of rotatable bonds is 3. The van der Waals surface area contributed by atoms with Gasteiger partial charge in [0.1, 0.15) is 12.1 Å². The maximum Gasteiger partial charge on any atom is 0.417 e. The molecule has 2 heterocycles. The van der Waals surface area contributed by atoms with E-state index >= 15 is 0 Å². The molecule has 0 radical (unpaired) electrons. The standard InChI is InChI=1S/C18H20ClF3N4O/c1-17(10-23)5-7-25(8-6-17)14-9-15(27)26(11-24-14)13-4-2-3-12(16(13)19)18(20,21)22/h2-4,9,11H,5-8,10,23H2,1H3. The molecule has 1 aliphatic heterocycles. The first-order valence-corrected chi connectivity index (χ1v) is 8.92. The lowest BCUT2D eigenvalue weighted by molar-refractivity contribution is -0.137. The fraction of sp³-hybridized carbons (Fsp3) is 0.444. The van der Waals surface area contributed by atoms with E-state index in [1.807, 2.05) is 4.90 Å². The van der Waals surface area contributed by atoms with E-state index < -0.39 is 22.3 Å². The number of halogens is 4. The van der Waals surface area contributed by atoms with Crippen LogP contribution in [0.4, 0.5) is 19.0 Å². The first-order chi connectivity index (χ1) is 12.6. The van der Waals surface area contributed by atoms with Crippen LogP contribution in [0.1, 0.15) is 25.3 Å². The van der Waals surface area contributed by atoms with Crippen molar-refractivity contribution in [3.8, 4) is 5.69 Å². The van der Waals surface area contributed by atoms with E-state index in [1.165, 1.54) is 24.5 Å². The van der Waals surface area contributed by atoms with Crippen molar-refractivity contribution in [3.05, 3.63) is 51.5 Å². The molecule has 0 atom stereocenters. The van der Waals surface area contributed by atoms with Gasteiger partial charge in [-0.2, -0.15) is 13.2 Å². The van der Waals surface area contributed by atoms with Crippen molar-refractivity contribution in [2.24, 2.45) is 11.1 Å². The van der Waals surface area contributed by atoms with Crippen molar-refractivity contribution < 1.29 is 13.2 Å². The molecule has 0 spiro atoms. The Labute approximate surface area is 159 Å². The Morgan fingerprint density at radius 3 is 2.52 bits per heavy atom.